The molecule has 0 aromatic heterocycles. The zero-order valence-corrected chi connectivity index (χ0v) is 23.1. The van der Waals surface area contributed by atoms with Gasteiger partial charge < -0.3 is 14.4 Å². The SMILES string of the molecule is COc1cc(/C=C2/SC(=O)N(CC(=O)N3CCc4ccccc4C3)C2=O)cc(Br)c1OCc1ccccc1. The number of amides is 3. The molecule has 0 atom stereocenters. The van der Waals surface area contributed by atoms with Crippen molar-refractivity contribution >= 4 is 50.8 Å². The van der Waals surface area contributed by atoms with Gasteiger partial charge in [-0.05, 0) is 74.6 Å². The quantitative estimate of drug-likeness (QED) is 0.330. The average Bonchev–Trinajstić information content (AvgIpc) is 3.19. The number of halogens is 1. The van der Waals surface area contributed by atoms with Gasteiger partial charge >= 0.3 is 0 Å². The summed E-state index contributed by atoms with van der Waals surface area (Å²) >= 11 is 4.36. The molecule has 7 nitrogen and oxygen atoms in total. The lowest BCUT2D eigenvalue weighted by Crippen LogP contribution is -2.44. The van der Waals surface area contributed by atoms with Gasteiger partial charge in [0, 0.05) is 13.1 Å². The number of hydrogen-bond donors (Lipinski definition) is 0. The van der Waals surface area contributed by atoms with Gasteiger partial charge in [0.15, 0.2) is 11.5 Å². The zero-order valence-electron chi connectivity index (χ0n) is 20.7. The minimum atomic E-state index is -0.481. The molecule has 1 saturated heterocycles. The maximum Gasteiger partial charge on any atom is 0.294 e. The monoisotopic (exact) mass is 592 g/mol. The van der Waals surface area contributed by atoms with Gasteiger partial charge in [0.25, 0.3) is 11.1 Å². The Balaban J connectivity index is 1.28. The van der Waals surface area contributed by atoms with E-state index in [-0.39, 0.29) is 17.4 Å². The van der Waals surface area contributed by atoms with Crippen molar-refractivity contribution < 1.29 is 23.9 Å². The first-order chi connectivity index (χ1) is 18.4. The predicted molar refractivity (Wildman–Crippen MR) is 150 cm³/mol. The van der Waals surface area contributed by atoms with Gasteiger partial charge in [-0.15, -0.1) is 0 Å². The second kappa shape index (κ2) is 11.4. The number of methoxy groups -OCH3 is 1. The molecule has 38 heavy (non-hydrogen) atoms. The second-order valence-corrected chi connectivity index (χ2v) is 10.8. The highest BCUT2D eigenvalue weighted by atomic mass is 79.9. The molecule has 0 unspecified atom stereocenters. The third-order valence-corrected chi connectivity index (χ3v) is 7.92. The van der Waals surface area contributed by atoms with E-state index in [0.29, 0.717) is 41.2 Å². The van der Waals surface area contributed by atoms with Crippen LogP contribution in [0.1, 0.15) is 22.3 Å². The smallest absolute Gasteiger partial charge is 0.294 e. The van der Waals surface area contributed by atoms with E-state index in [0.717, 1.165) is 34.2 Å². The maximum atomic E-state index is 13.1. The van der Waals surface area contributed by atoms with Crippen molar-refractivity contribution in [3.8, 4) is 11.5 Å². The molecule has 194 valence electrons. The van der Waals surface area contributed by atoms with E-state index in [4.69, 9.17) is 9.47 Å². The molecule has 0 radical (unpaired) electrons. The Bertz CT molecular complexity index is 1430. The zero-order chi connectivity index (χ0) is 26.6. The first-order valence-corrected chi connectivity index (χ1v) is 13.7. The Morgan fingerprint density at radius 1 is 1.05 bits per heavy atom. The van der Waals surface area contributed by atoms with Gasteiger partial charge in [-0.25, -0.2) is 0 Å². The van der Waals surface area contributed by atoms with Gasteiger partial charge in [0.05, 0.1) is 16.5 Å². The van der Waals surface area contributed by atoms with Crippen LogP contribution in [-0.4, -0.2) is 47.1 Å². The summed E-state index contributed by atoms with van der Waals surface area (Å²) in [6.07, 6.45) is 2.38. The first kappa shape index (κ1) is 26.1. The molecule has 0 spiro atoms. The Labute approximate surface area is 233 Å². The van der Waals surface area contributed by atoms with Crippen LogP contribution in [0.25, 0.3) is 6.08 Å². The van der Waals surface area contributed by atoms with E-state index in [1.165, 1.54) is 5.56 Å². The topological polar surface area (TPSA) is 76.2 Å². The molecular weight excluding hydrogens is 568 g/mol. The number of nitrogens with zero attached hydrogens (tertiary/aromatic N) is 2. The third kappa shape index (κ3) is 5.63. The molecule has 0 N–H and O–H groups in total. The average molecular weight is 593 g/mol. The molecule has 0 saturated carbocycles. The summed E-state index contributed by atoms with van der Waals surface area (Å²) in [5.74, 6) is 0.300. The summed E-state index contributed by atoms with van der Waals surface area (Å²) in [5, 5.41) is -0.458. The number of rotatable bonds is 7. The van der Waals surface area contributed by atoms with Crippen LogP contribution in [0.15, 0.2) is 76.1 Å². The highest BCUT2D eigenvalue weighted by molar-refractivity contribution is 9.10. The standard InChI is InChI=1S/C29H25BrN2O5S/c1-36-24-14-20(13-23(30)27(24)37-18-19-7-3-2-4-8-19)15-25-28(34)32(29(35)38-25)17-26(33)31-12-11-21-9-5-6-10-22(21)16-31/h2-10,13-15H,11-12,16-18H2,1H3/b25-15+. The Hall–Kier alpha value is -3.56. The van der Waals surface area contributed by atoms with Crippen LogP contribution in [-0.2, 0) is 29.2 Å². The molecule has 3 aromatic rings. The lowest BCUT2D eigenvalue weighted by atomic mass is 10.00. The predicted octanol–water partition coefficient (Wildman–Crippen LogP) is 5.66. The first-order valence-electron chi connectivity index (χ1n) is 12.1. The summed E-state index contributed by atoms with van der Waals surface area (Å²) in [5.41, 5.74) is 3.99. The Morgan fingerprint density at radius 3 is 2.55 bits per heavy atom. The van der Waals surface area contributed by atoms with Crippen molar-refractivity contribution in [1.82, 2.24) is 9.80 Å². The van der Waals surface area contributed by atoms with E-state index in [9.17, 15) is 14.4 Å². The molecule has 1 fully saturated rings. The summed E-state index contributed by atoms with van der Waals surface area (Å²) < 4.78 is 12.2. The number of carbonyl (C=O) groups excluding carboxylic acids is 3. The van der Waals surface area contributed by atoms with E-state index < -0.39 is 11.1 Å². The fourth-order valence-electron chi connectivity index (χ4n) is 4.42. The largest absolute Gasteiger partial charge is 0.493 e. The van der Waals surface area contributed by atoms with Crippen molar-refractivity contribution in [2.24, 2.45) is 0 Å². The molecular formula is C29H25BrN2O5S. The van der Waals surface area contributed by atoms with Crippen LogP contribution in [0.3, 0.4) is 0 Å². The molecule has 2 heterocycles. The number of carbonyl (C=O) groups is 3. The molecule has 0 aliphatic carbocycles. The maximum absolute atomic E-state index is 13.1. The fourth-order valence-corrected chi connectivity index (χ4v) is 5.84. The van der Waals surface area contributed by atoms with Crippen LogP contribution in [0.5, 0.6) is 11.5 Å². The third-order valence-electron chi connectivity index (χ3n) is 6.43. The number of benzene rings is 3. The molecule has 2 aliphatic rings. The summed E-state index contributed by atoms with van der Waals surface area (Å²) in [6.45, 7) is 1.14. The van der Waals surface area contributed by atoms with E-state index in [1.54, 1.807) is 30.2 Å². The molecule has 9 heteroatoms. The van der Waals surface area contributed by atoms with Gasteiger partial charge in [-0.1, -0.05) is 54.6 Å². The van der Waals surface area contributed by atoms with Gasteiger partial charge in [-0.3, -0.25) is 19.3 Å². The lowest BCUT2D eigenvalue weighted by molar-refractivity contribution is -0.136. The number of hydrogen-bond acceptors (Lipinski definition) is 6. The minimum absolute atomic E-state index is 0.243. The van der Waals surface area contributed by atoms with Crippen LogP contribution in [0.4, 0.5) is 4.79 Å². The molecule has 0 bridgehead atoms. The van der Waals surface area contributed by atoms with Crippen molar-refractivity contribution in [2.45, 2.75) is 19.6 Å². The molecule has 2 aliphatic heterocycles. The van der Waals surface area contributed by atoms with Crippen molar-refractivity contribution in [3.05, 3.63) is 98.4 Å². The fraction of sp³-hybridized carbons (Fsp3) is 0.207. The van der Waals surface area contributed by atoms with E-state index >= 15 is 0 Å². The number of fused-ring (bicyclic) bond motifs is 1. The Kier molecular flexibility index (Phi) is 7.85. The van der Waals surface area contributed by atoms with Gasteiger partial charge in [-0.2, -0.15) is 0 Å². The second-order valence-electron chi connectivity index (χ2n) is 8.91. The normalized spacial score (nSPS) is 16.1. The van der Waals surface area contributed by atoms with E-state index in [1.807, 2.05) is 48.5 Å². The Morgan fingerprint density at radius 2 is 1.79 bits per heavy atom. The highest BCUT2D eigenvalue weighted by Crippen LogP contribution is 2.39. The highest BCUT2D eigenvalue weighted by Gasteiger charge is 2.37. The minimum Gasteiger partial charge on any atom is -0.493 e. The van der Waals surface area contributed by atoms with Gasteiger partial charge in [0.2, 0.25) is 5.91 Å². The van der Waals surface area contributed by atoms with Crippen LogP contribution >= 0.6 is 27.7 Å². The molecule has 5 rings (SSSR count). The lowest BCUT2D eigenvalue weighted by Gasteiger charge is -2.29. The number of ether oxygens (including phenoxy) is 2. The summed E-state index contributed by atoms with van der Waals surface area (Å²) in [4.78, 5) is 41.7. The van der Waals surface area contributed by atoms with Crippen molar-refractivity contribution in [1.29, 1.82) is 0 Å². The number of imide groups is 1. The van der Waals surface area contributed by atoms with Crippen LogP contribution in [0.2, 0.25) is 0 Å². The summed E-state index contributed by atoms with van der Waals surface area (Å²) in [7, 11) is 1.54. The molecule has 3 amide bonds. The van der Waals surface area contributed by atoms with Crippen LogP contribution in [0, 0.1) is 0 Å². The van der Waals surface area contributed by atoms with E-state index in [2.05, 4.69) is 22.0 Å². The molecule has 3 aromatic carbocycles. The summed E-state index contributed by atoms with van der Waals surface area (Å²) in [6, 6.07) is 21.3. The van der Waals surface area contributed by atoms with Crippen molar-refractivity contribution in [3.63, 3.8) is 0 Å². The van der Waals surface area contributed by atoms with Crippen LogP contribution < -0.4 is 9.47 Å². The van der Waals surface area contributed by atoms with Crippen molar-refractivity contribution in [2.75, 3.05) is 20.2 Å². The number of thioether (sulfide) groups is 1. The van der Waals surface area contributed by atoms with Gasteiger partial charge in [0.1, 0.15) is 13.2 Å².